The molecule has 0 aromatic heterocycles. The highest BCUT2D eigenvalue weighted by atomic mass is 32.2. The summed E-state index contributed by atoms with van der Waals surface area (Å²) < 4.78 is 45.7. The third-order valence-corrected chi connectivity index (χ3v) is 5.82. The minimum Gasteiger partial charge on any atom is -0.489 e. The van der Waals surface area contributed by atoms with Crippen LogP contribution in [0.15, 0.2) is 83.8 Å². The number of carbonyl (C=O) groups is 1. The molecule has 6 nitrogen and oxygen atoms in total. The van der Waals surface area contributed by atoms with Crippen LogP contribution in [0.4, 0.5) is 4.39 Å². The Bertz CT molecular complexity index is 1080. The average molecular weight is 429 g/mol. The molecule has 30 heavy (non-hydrogen) atoms. The molecule has 1 atom stereocenters. The molecule has 0 aliphatic carbocycles. The first-order valence-corrected chi connectivity index (χ1v) is 10.6. The van der Waals surface area contributed by atoms with Crippen LogP contribution in [0, 0.1) is 5.82 Å². The molecule has 3 aromatic carbocycles. The van der Waals surface area contributed by atoms with E-state index in [0.717, 1.165) is 29.8 Å². The quantitative estimate of drug-likeness (QED) is 0.544. The first-order chi connectivity index (χ1) is 14.3. The van der Waals surface area contributed by atoms with Gasteiger partial charge in [0, 0.05) is 0 Å². The van der Waals surface area contributed by atoms with Gasteiger partial charge in [-0.2, -0.15) is 4.72 Å². The average Bonchev–Trinajstić information content (AvgIpc) is 2.73. The van der Waals surface area contributed by atoms with Crippen molar-refractivity contribution in [1.29, 1.82) is 0 Å². The Morgan fingerprint density at radius 3 is 2.17 bits per heavy atom. The smallest absolute Gasteiger partial charge is 0.322 e. The van der Waals surface area contributed by atoms with E-state index >= 15 is 0 Å². The van der Waals surface area contributed by atoms with Crippen molar-refractivity contribution >= 4 is 16.0 Å². The van der Waals surface area contributed by atoms with E-state index in [2.05, 4.69) is 4.72 Å². The zero-order valence-electron chi connectivity index (χ0n) is 15.9. The van der Waals surface area contributed by atoms with Crippen molar-refractivity contribution in [3.05, 3.63) is 95.8 Å². The number of benzene rings is 3. The van der Waals surface area contributed by atoms with E-state index in [1.54, 1.807) is 24.3 Å². The van der Waals surface area contributed by atoms with Crippen LogP contribution in [0.25, 0.3) is 0 Å². The van der Waals surface area contributed by atoms with Crippen LogP contribution in [0.1, 0.15) is 11.1 Å². The summed E-state index contributed by atoms with van der Waals surface area (Å²) in [5.74, 6) is -1.29. The van der Waals surface area contributed by atoms with E-state index in [-0.39, 0.29) is 11.3 Å². The second kappa shape index (κ2) is 9.51. The first-order valence-electron chi connectivity index (χ1n) is 9.10. The van der Waals surface area contributed by atoms with E-state index in [4.69, 9.17) is 4.74 Å². The largest absolute Gasteiger partial charge is 0.489 e. The van der Waals surface area contributed by atoms with Gasteiger partial charge in [-0.05, 0) is 53.9 Å². The van der Waals surface area contributed by atoms with Gasteiger partial charge in [0.2, 0.25) is 10.0 Å². The molecular weight excluding hydrogens is 409 g/mol. The monoisotopic (exact) mass is 429 g/mol. The van der Waals surface area contributed by atoms with Gasteiger partial charge >= 0.3 is 5.97 Å². The topological polar surface area (TPSA) is 92.7 Å². The van der Waals surface area contributed by atoms with Crippen molar-refractivity contribution in [1.82, 2.24) is 4.72 Å². The Hall–Kier alpha value is -3.23. The second-order valence-electron chi connectivity index (χ2n) is 6.59. The maximum Gasteiger partial charge on any atom is 0.322 e. The second-order valence-corrected chi connectivity index (χ2v) is 8.30. The molecule has 3 rings (SSSR count). The molecule has 0 fully saturated rings. The number of aliphatic carboxylic acids is 1. The minimum absolute atomic E-state index is 0.0608. The van der Waals surface area contributed by atoms with Gasteiger partial charge in [-0.3, -0.25) is 4.79 Å². The maximum absolute atomic E-state index is 13.0. The van der Waals surface area contributed by atoms with Gasteiger partial charge in [0.15, 0.2) is 0 Å². The highest BCUT2D eigenvalue weighted by molar-refractivity contribution is 7.89. The SMILES string of the molecule is O=C(O)C(Cc1ccc(OCc2ccccc2)cc1)NS(=O)(=O)c1ccc(F)cc1. The number of hydrogen-bond acceptors (Lipinski definition) is 4. The summed E-state index contributed by atoms with van der Waals surface area (Å²) in [6.45, 7) is 0.398. The van der Waals surface area contributed by atoms with E-state index in [0.29, 0.717) is 17.9 Å². The highest BCUT2D eigenvalue weighted by Crippen LogP contribution is 2.17. The summed E-state index contributed by atoms with van der Waals surface area (Å²) in [6, 6.07) is 19.2. The molecular formula is C22H20FNO5S. The Morgan fingerprint density at radius 2 is 1.57 bits per heavy atom. The Morgan fingerprint density at radius 1 is 0.933 bits per heavy atom. The van der Waals surface area contributed by atoms with Crippen molar-refractivity contribution in [2.45, 2.75) is 24.0 Å². The zero-order chi connectivity index (χ0) is 21.6. The van der Waals surface area contributed by atoms with Crippen molar-refractivity contribution in [3.8, 4) is 5.75 Å². The van der Waals surface area contributed by atoms with Gasteiger partial charge in [0.05, 0.1) is 4.90 Å². The highest BCUT2D eigenvalue weighted by Gasteiger charge is 2.25. The summed E-state index contributed by atoms with van der Waals surface area (Å²) in [7, 11) is -4.11. The fourth-order valence-corrected chi connectivity index (χ4v) is 3.94. The molecule has 8 heteroatoms. The summed E-state index contributed by atoms with van der Waals surface area (Å²) in [4.78, 5) is 11.4. The van der Waals surface area contributed by atoms with Crippen molar-refractivity contribution in [2.24, 2.45) is 0 Å². The van der Waals surface area contributed by atoms with Gasteiger partial charge in [0.25, 0.3) is 0 Å². The summed E-state index contributed by atoms with van der Waals surface area (Å²) in [6.07, 6.45) is -0.0608. The number of halogens is 1. The molecule has 1 unspecified atom stereocenters. The molecule has 156 valence electrons. The lowest BCUT2D eigenvalue weighted by atomic mass is 10.1. The van der Waals surface area contributed by atoms with Crippen LogP contribution in [-0.4, -0.2) is 25.5 Å². The molecule has 3 aromatic rings. The van der Waals surface area contributed by atoms with Crippen LogP contribution >= 0.6 is 0 Å². The summed E-state index contributed by atoms with van der Waals surface area (Å²) in [5.41, 5.74) is 1.64. The normalized spacial score (nSPS) is 12.3. The van der Waals surface area contributed by atoms with Gasteiger partial charge in [-0.25, -0.2) is 12.8 Å². The van der Waals surface area contributed by atoms with E-state index in [1.165, 1.54) is 0 Å². The molecule has 0 saturated heterocycles. The summed E-state index contributed by atoms with van der Waals surface area (Å²) in [5, 5.41) is 9.44. The Labute approximate surface area is 174 Å². The summed E-state index contributed by atoms with van der Waals surface area (Å²) >= 11 is 0. The molecule has 0 aliphatic heterocycles. The van der Waals surface area contributed by atoms with Crippen molar-refractivity contribution < 1.29 is 27.4 Å². The van der Waals surface area contributed by atoms with Crippen molar-refractivity contribution in [3.63, 3.8) is 0 Å². The predicted molar refractivity (Wildman–Crippen MR) is 109 cm³/mol. The number of rotatable bonds is 9. The zero-order valence-corrected chi connectivity index (χ0v) is 16.7. The molecule has 0 radical (unpaired) electrons. The number of ether oxygens (including phenoxy) is 1. The molecule has 0 saturated carbocycles. The molecule has 0 amide bonds. The van der Waals surface area contributed by atoms with Crippen molar-refractivity contribution in [2.75, 3.05) is 0 Å². The minimum atomic E-state index is -4.11. The number of nitrogens with one attached hydrogen (secondary N) is 1. The van der Waals surface area contributed by atoms with Crippen LogP contribution in [-0.2, 0) is 27.8 Å². The number of carboxylic acids is 1. The van der Waals surface area contributed by atoms with Crippen LogP contribution in [0.2, 0.25) is 0 Å². The van der Waals surface area contributed by atoms with Gasteiger partial charge in [0.1, 0.15) is 24.2 Å². The molecule has 0 bridgehead atoms. The number of hydrogen-bond donors (Lipinski definition) is 2. The third kappa shape index (κ3) is 5.88. The van der Waals surface area contributed by atoms with E-state index in [9.17, 15) is 22.7 Å². The molecule has 2 N–H and O–H groups in total. The van der Waals surface area contributed by atoms with Crippen LogP contribution < -0.4 is 9.46 Å². The fourth-order valence-electron chi connectivity index (χ4n) is 2.75. The molecule has 0 aliphatic rings. The van der Waals surface area contributed by atoms with E-state index in [1.807, 2.05) is 30.3 Å². The van der Waals surface area contributed by atoms with Gasteiger partial charge < -0.3 is 9.84 Å². The number of sulfonamides is 1. The predicted octanol–water partition coefficient (Wildman–Crippen LogP) is 3.38. The third-order valence-electron chi connectivity index (χ3n) is 4.33. The van der Waals surface area contributed by atoms with E-state index < -0.39 is 27.9 Å². The molecule has 0 heterocycles. The molecule has 0 spiro atoms. The Kier molecular flexibility index (Phi) is 6.81. The Balaban J connectivity index is 1.64. The standard InChI is InChI=1S/C22H20FNO5S/c23-18-8-12-20(13-9-18)30(27,28)24-21(22(25)26)14-16-6-10-19(11-7-16)29-15-17-4-2-1-3-5-17/h1-13,21,24H,14-15H2,(H,25,26). The fraction of sp³-hybridized carbons (Fsp3) is 0.136. The lowest BCUT2D eigenvalue weighted by molar-refractivity contribution is -0.138. The lowest BCUT2D eigenvalue weighted by Crippen LogP contribution is -2.42. The lowest BCUT2D eigenvalue weighted by Gasteiger charge is -2.15. The maximum atomic E-state index is 13.0. The first kappa shape index (κ1) is 21.5. The van der Waals surface area contributed by atoms with Gasteiger partial charge in [-0.15, -0.1) is 0 Å². The van der Waals surface area contributed by atoms with Gasteiger partial charge in [-0.1, -0.05) is 42.5 Å². The van der Waals surface area contributed by atoms with Crippen LogP contribution in [0.5, 0.6) is 5.75 Å². The van der Waals surface area contributed by atoms with Crippen LogP contribution in [0.3, 0.4) is 0 Å². The number of carboxylic acid groups (broad SMARTS) is 1.